The van der Waals surface area contributed by atoms with E-state index in [9.17, 15) is 14.4 Å². The summed E-state index contributed by atoms with van der Waals surface area (Å²) in [6, 6.07) is 7.40. The molecule has 1 aliphatic heterocycles. The van der Waals surface area contributed by atoms with Gasteiger partial charge in [0.15, 0.2) is 0 Å². The fourth-order valence-electron chi connectivity index (χ4n) is 3.61. The normalized spacial score (nSPS) is 25.4. The average molecular weight is 366 g/mol. The van der Waals surface area contributed by atoms with Gasteiger partial charge in [0, 0.05) is 18.0 Å². The highest BCUT2D eigenvalue weighted by molar-refractivity contribution is 6.03. The Morgan fingerprint density at radius 3 is 2.52 bits per heavy atom. The number of nitrogens with one attached hydrogen (secondary N) is 2. The van der Waals surface area contributed by atoms with Gasteiger partial charge in [0.2, 0.25) is 11.8 Å². The van der Waals surface area contributed by atoms with E-state index in [0.29, 0.717) is 24.4 Å². The molecule has 6 nitrogen and oxygen atoms in total. The van der Waals surface area contributed by atoms with Crippen LogP contribution in [0.25, 0.3) is 0 Å². The Morgan fingerprint density at radius 1 is 1.20 bits per heavy atom. The number of imide groups is 1. The van der Waals surface area contributed by atoms with Crippen molar-refractivity contribution in [2.24, 2.45) is 17.6 Å². The largest absolute Gasteiger partial charge is 0.349 e. The van der Waals surface area contributed by atoms with E-state index in [1.54, 1.807) is 12.1 Å². The number of hydrogen-bond acceptors (Lipinski definition) is 4. The number of hydrogen-bond donors (Lipinski definition) is 3. The van der Waals surface area contributed by atoms with Crippen LogP contribution in [-0.4, -0.2) is 30.3 Å². The molecule has 2 aliphatic rings. The molecule has 4 N–H and O–H groups in total. The molecule has 1 aromatic carbocycles. The molecule has 7 heteroatoms. The Kier molecular flexibility index (Phi) is 6.56. The van der Waals surface area contributed by atoms with Crippen molar-refractivity contribution in [1.82, 2.24) is 10.6 Å². The van der Waals surface area contributed by atoms with Crippen LogP contribution in [0.1, 0.15) is 41.6 Å². The zero-order valence-corrected chi connectivity index (χ0v) is 14.8. The third-order valence-electron chi connectivity index (χ3n) is 5.04. The maximum Gasteiger partial charge on any atom is 0.251 e. The van der Waals surface area contributed by atoms with Gasteiger partial charge in [-0.05, 0) is 49.4 Å². The summed E-state index contributed by atoms with van der Waals surface area (Å²) < 4.78 is 0. The van der Waals surface area contributed by atoms with Gasteiger partial charge < -0.3 is 11.1 Å². The lowest BCUT2D eigenvalue weighted by molar-refractivity contribution is -0.125. The smallest absolute Gasteiger partial charge is 0.251 e. The van der Waals surface area contributed by atoms with Crippen LogP contribution in [0.4, 0.5) is 0 Å². The Morgan fingerprint density at radius 2 is 1.92 bits per heavy atom. The maximum absolute atomic E-state index is 12.4. The summed E-state index contributed by atoms with van der Waals surface area (Å²) in [5.41, 5.74) is 7.30. The standard InChI is InChI=1S/C18H23N3O3.ClH/c19-10-13-2-1-3-15(13)20-17(23)12-6-4-11(5-7-12)8-14-9-16(22)21-18(14)24;/h4-7,13-15H,1-3,8-10,19H2,(H,20,23)(H,21,22,24);1H. The molecule has 136 valence electrons. The number of amides is 3. The minimum atomic E-state index is -0.305. The summed E-state index contributed by atoms with van der Waals surface area (Å²) >= 11 is 0. The maximum atomic E-state index is 12.4. The van der Waals surface area contributed by atoms with Crippen LogP contribution in [0.2, 0.25) is 0 Å². The van der Waals surface area contributed by atoms with Crippen molar-refractivity contribution in [3.8, 4) is 0 Å². The summed E-state index contributed by atoms with van der Waals surface area (Å²) in [7, 11) is 0. The Balaban J connectivity index is 0.00000225. The van der Waals surface area contributed by atoms with Gasteiger partial charge in [-0.15, -0.1) is 12.4 Å². The number of rotatable bonds is 5. The molecule has 1 heterocycles. The molecule has 1 saturated carbocycles. The fraction of sp³-hybridized carbons (Fsp3) is 0.500. The number of halogens is 1. The molecule has 0 aromatic heterocycles. The first kappa shape index (κ1) is 19.4. The predicted molar refractivity (Wildman–Crippen MR) is 96.3 cm³/mol. The zero-order valence-electron chi connectivity index (χ0n) is 14.0. The highest BCUT2D eigenvalue weighted by atomic mass is 35.5. The van der Waals surface area contributed by atoms with Crippen molar-refractivity contribution in [1.29, 1.82) is 0 Å². The third-order valence-corrected chi connectivity index (χ3v) is 5.04. The van der Waals surface area contributed by atoms with Gasteiger partial charge in [-0.3, -0.25) is 19.7 Å². The van der Waals surface area contributed by atoms with Crippen LogP contribution in [0.15, 0.2) is 24.3 Å². The Hall–Kier alpha value is -1.92. The lowest BCUT2D eigenvalue weighted by Gasteiger charge is -2.19. The first-order valence-electron chi connectivity index (χ1n) is 8.50. The third kappa shape index (κ3) is 4.58. The molecule has 1 aliphatic carbocycles. The molecule has 0 spiro atoms. The van der Waals surface area contributed by atoms with Gasteiger partial charge in [-0.25, -0.2) is 0 Å². The van der Waals surface area contributed by atoms with Gasteiger partial charge in [-0.1, -0.05) is 18.6 Å². The fourth-order valence-corrected chi connectivity index (χ4v) is 3.61. The first-order chi connectivity index (χ1) is 11.6. The van der Waals surface area contributed by atoms with Crippen LogP contribution in [-0.2, 0) is 16.0 Å². The van der Waals surface area contributed by atoms with Crippen LogP contribution in [0, 0.1) is 11.8 Å². The molecule has 2 fully saturated rings. The van der Waals surface area contributed by atoms with Crippen molar-refractivity contribution in [3.63, 3.8) is 0 Å². The molecule has 3 amide bonds. The minimum absolute atomic E-state index is 0. The molecule has 0 radical (unpaired) electrons. The molecule has 1 aromatic rings. The van der Waals surface area contributed by atoms with E-state index in [1.165, 1.54) is 0 Å². The molecule has 3 unspecified atom stereocenters. The van der Waals surface area contributed by atoms with E-state index in [0.717, 1.165) is 24.8 Å². The lowest BCUT2D eigenvalue weighted by Crippen LogP contribution is -2.39. The van der Waals surface area contributed by atoms with Gasteiger partial charge in [0.1, 0.15) is 0 Å². The Bertz CT molecular complexity index is 647. The van der Waals surface area contributed by atoms with E-state index in [1.807, 2.05) is 12.1 Å². The highest BCUT2D eigenvalue weighted by Gasteiger charge is 2.30. The first-order valence-corrected chi connectivity index (χ1v) is 8.50. The average Bonchev–Trinajstić information content (AvgIpc) is 3.14. The monoisotopic (exact) mass is 365 g/mol. The van der Waals surface area contributed by atoms with E-state index in [4.69, 9.17) is 5.73 Å². The molecular formula is C18H24ClN3O3. The van der Waals surface area contributed by atoms with Crippen molar-refractivity contribution in [2.75, 3.05) is 6.54 Å². The van der Waals surface area contributed by atoms with Crippen molar-refractivity contribution < 1.29 is 14.4 Å². The second-order valence-corrected chi connectivity index (χ2v) is 6.72. The molecular weight excluding hydrogens is 342 g/mol. The van der Waals surface area contributed by atoms with Crippen LogP contribution < -0.4 is 16.4 Å². The second kappa shape index (κ2) is 8.45. The van der Waals surface area contributed by atoms with E-state index < -0.39 is 0 Å². The van der Waals surface area contributed by atoms with Gasteiger partial charge in [0.25, 0.3) is 5.91 Å². The molecule has 3 atom stereocenters. The van der Waals surface area contributed by atoms with Crippen LogP contribution in [0.5, 0.6) is 0 Å². The Labute approximate surface area is 153 Å². The molecule has 25 heavy (non-hydrogen) atoms. The predicted octanol–water partition coefficient (Wildman–Crippen LogP) is 1.17. The summed E-state index contributed by atoms with van der Waals surface area (Å²) in [4.78, 5) is 35.2. The van der Waals surface area contributed by atoms with Crippen LogP contribution in [0.3, 0.4) is 0 Å². The van der Waals surface area contributed by atoms with E-state index in [2.05, 4.69) is 10.6 Å². The number of carbonyl (C=O) groups is 3. The van der Waals surface area contributed by atoms with Gasteiger partial charge in [-0.2, -0.15) is 0 Å². The SMILES string of the molecule is Cl.NCC1CCCC1NC(=O)c1ccc(CC2CC(=O)NC2=O)cc1. The van der Waals surface area contributed by atoms with Crippen molar-refractivity contribution in [3.05, 3.63) is 35.4 Å². The number of benzene rings is 1. The molecule has 1 saturated heterocycles. The highest BCUT2D eigenvalue weighted by Crippen LogP contribution is 2.25. The van der Waals surface area contributed by atoms with Crippen molar-refractivity contribution in [2.45, 2.75) is 38.1 Å². The van der Waals surface area contributed by atoms with Gasteiger partial charge in [0.05, 0.1) is 5.92 Å². The summed E-state index contributed by atoms with van der Waals surface area (Å²) in [5.74, 6) is -0.448. The second-order valence-electron chi connectivity index (χ2n) is 6.72. The van der Waals surface area contributed by atoms with Gasteiger partial charge >= 0.3 is 0 Å². The lowest BCUT2D eigenvalue weighted by atomic mass is 9.97. The minimum Gasteiger partial charge on any atom is -0.349 e. The molecule has 0 bridgehead atoms. The van der Waals surface area contributed by atoms with E-state index >= 15 is 0 Å². The number of nitrogens with two attached hydrogens (primary N) is 1. The topological polar surface area (TPSA) is 101 Å². The number of carbonyl (C=O) groups excluding carboxylic acids is 3. The summed E-state index contributed by atoms with van der Waals surface area (Å²) in [6.07, 6.45) is 3.91. The molecule has 3 rings (SSSR count). The van der Waals surface area contributed by atoms with Crippen molar-refractivity contribution >= 4 is 30.1 Å². The quantitative estimate of drug-likeness (QED) is 0.682. The van der Waals surface area contributed by atoms with E-state index in [-0.39, 0.29) is 48.5 Å². The summed E-state index contributed by atoms with van der Waals surface area (Å²) in [6.45, 7) is 0.603. The zero-order chi connectivity index (χ0) is 17.1. The summed E-state index contributed by atoms with van der Waals surface area (Å²) in [5, 5.41) is 5.39. The van der Waals surface area contributed by atoms with Crippen LogP contribution >= 0.6 is 12.4 Å².